The average Bonchev–Trinajstić information content (AvgIpc) is 3.23. The zero-order chi connectivity index (χ0) is 20.3. The van der Waals surface area contributed by atoms with E-state index in [1.54, 1.807) is 39.0 Å². The van der Waals surface area contributed by atoms with Crippen molar-refractivity contribution in [3.8, 4) is 5.75 Å². The van der Waals surface area contributed by atoms with Crippen LogP contribution in [0.15, 0.2) is 33.2 Å². The van der Waals surface area contributed by atoms with Crippen LogP contribution in [0, 0.1) is 13.8 Å². The van der Waals surface area contributed by atoms with Crippen LogP contribution in [0.2, 0.25) is 0 Å². The van der Waals surface area contributed by atoms with Crippen LogP contribution >= 0.6 is 0 Å². The molecule has 2 heterocycles. The van der Waals surface area contributed by atoms with Gasteiger partial charge in [0.05, 0.1) is 6.61 Å². The maximum Gasteiger partial charge on any atom is 0.375 e. The molecule has 0 saturated heterocycles. The van der Waals surface area contributed by atoms with Gasteiger partial charge in [-0.3, -0.25) is 4.79 Å². The Morgan fingerprint density at radius 2 is 2.00 bits per heavy atom. The minimum atomic E-state index is -0.990. The number of hydrogen-bond acceptors (Lipinski definition) is 7. The van der Waals surface area contributed by atoms with E-state index in [0.29, 0.717) is 35.7 Å². The number of nitrogens with one attached hydrogen (secondary N) is 1. The minimum Gasteiger partial charge on any atom is -0.494 e. The van der Waals surface area contributed by atoms with Gasteiger partial charge in [-0.2, -0.15) is 0 Å². The van der Waals surface area contributed by atoms with E-state index in [4.69, 9.17) is 18.4 Å². The molecule has 0 aliphatic carbocycles. The number of ether oxygens (including phenoxy) is 2. The van der Waals surface area contributed by atoms with E-state index in [1.807, 2.05) is 13.0 Å². The highest BCUT2D eigenvalue weighted by Gasteiger charge is 2.26. The molecule has 148 valence electrons. The second kappa shape index (κ2) is 8.16. The third-order valence-electron chi connectivity index (χ3n) is 4.20. The fourth-order valence-corrected chi connectivity index (χ4v) is 2.79. The van der Waals surface area contributed by atoms with Crippen molar-refractivity contribution in [2.75, 3.05) is 11.9 Å². The molecule has 1 atom stereocenters. The summed E-state index contributed by atoms with van der Waals surface area (Å²) in [5, 5.41) is 7.02. The molecule has 28 heavy (non-hydrogen) atoms. The first kappa shape index (κ1) is 19.5. The first-order valence-electron chi connectivity index (χ1n) is 9.04. The third kappa shape index (κ3) is 4.00. The molecule has 0 bridgehead atoms. The van der Waals surface area contributed by atoms with Crippen LogP contribution in [0.3, 0.4) is 0 Å². The standard InChI is InChI=1S/C20H22N2O6/c1-5-15(19(23)21-17-9-11(3)28-22-17)27-20(24)18-12(4)14-10-13(25-6-2)7-8-16(14)26-18/h7-10,15H,5-6H2,1-4H3,(H,21,22,23). The number of hydrogen-bond donors (Lipinski definition) is 1. The minimum absolute atomic E-state index is 0.0622. The van der Waals surface area contributed by atoms with Gasteiger partial charge in [-0.05, 0) is 45.4 Å². The molecule has 3 rings (SSSR count). The Hall–Kier alpha value is -3.29. The molecular formula is C20H22N2O6. The summed E-state index contributed by atoms with van der Waals surface area (Å²) in [4.78, 5) is 25.0. The Kier molecular flexibility index (Phi) is 5.67. The molecule has 3 aromatic rings. The SMILES string of the molecule is CCOc1ccc2oc(C(=O)OC(CC)C(=O)Nc3cc(C)on3)c(C)c2c1. The van der Waals surface area contributed by atoms with Crippen LogP contribution in [0.5, 0.6) is 5.75 Å². The number of aryl methyl sites for hydroxylation is 2. The summed E-state index contributed by atoms with van der Waals surface area (Å²) >= 11 is 0. The fraction of sp³-hybridized carbons (Fsp3) is 0.350. The molecular weight excluding hydrogens is 364 g/mol. The van der Waals surface area contributed by atoms with E-state index >= 15 is 0 Å². The number of aromatic nitrogens is 1. The van der Waals surface area contributed by atoms with Crippen molar-refractivity contribution in [3.63, 3.8) is 0 Å². The van der Waals surface area contributed by atoms with E-state index in [1.165, 1.54) is 0 Å². The highest BCUT2D eigenvalue weighted by atomic mass is 16.6. The number of nitrogens with zero attached hydrogens (tertiary/aromatic N) is 1. The first-order valence-corrected chi connectivity index (χ1v) is 9.04. The van der Waals surface area contributed by atoms with Crippen molar-refractivity contribution in [2.24, 2.45) is 0 Å². The van der Waals surface area contributed by atoms with Gasteiger partial charge in [-0.1, -0.05) is 12.1 Å². The molecule has 1 amide bonds. The van der Waals surface area contributed by atoms with Crippen LogP contribution in [-0.2, 0) is 9.53 Å². The van der Waals surface area contributed by atoms with Crippen LogP contribution in [0.25, 0.3) is 11.0 Å². The number of furan rings is 1. The van der Waals surface area contributed by atoms with Crippen LogP contribution < -0.4 is 10.1 Å². The molecule has 0 saturated carbocycles. The van der Waals surface area contributed by atoms with E-state index in [9.17, 15) is 9.59 Å². The molecule has 1 N–H and O–H groups in total. The van der Waals surface area contributed by atoms with Crippen molar-refractivity contribution in [2.45, 2.75) is 40.2 Å². The number of rotatable bonds is 7. The lowest BCUT2D eigenvalue weighted by atomic mass is 10.1. The zero-order valence-electron chi connectivity index (χ0n) is 16.2. The highest BCUT2D eigenvalue weighted by Crippen LogP contribution is 2.29. The van der Waals surface area contributed by atoms with E-state index < -0.39 is 18.0 Å². The molecule has 2 aromatic heterocycles. The van der Waals surface area contributed by atoms with Gasteiger partial charge >= 0.3 is 5.97 Å². The topological polar surface area (TPSA) is 104 Å². The third-order valence-corrected chi connectivity index (χ3v) is 4.20. The predicted octanol–water partition coefficient (Wildman–Crippen LogP) is 4.01. The number of fused-ring (bicyclic) bond motifs is 1. The Morgan fingerprint density at radius 1 is 1.21 bits per heavy atom. The Labute approximate surface area is 161 Å². The number of carbonyl (C=O) groups excluding carboxylic acids is 2. The largest absolute Gasteiger partial charge is 0.494 e. The van der Waals surface area contributed by atoms with Crippen molar-refractivity contribution in [1.29, 1.82) is 0 Å². The summed E-state index contributed by atoms with van der Waals surface area (Å²) in [5.74, 6) is 0.381. The van der Waals surface area contributed by atoms with Crippen molar-refractivity contribution in [3.05, 3.63) is 41.3 Å². The summed E-state index contributed by atoms with van der Waals surface area (Å²) in [6.07, 6.45) is -0.696. The van der Waals surface area contributed by atoms with E-state index in [-0.39, 0.29) is 11.6 Å². The number of carbonyl (C=O) groups is 2. The van der Waals surface area contributed by atoms with Gasteiger partial charge in [0.2, 0.25) is 5.76 Å². The quantitative estimate of drug-likeness (QED) is 0.612. The smallest absolute Gasteiger partial charge is 0.375 e. The van der Waals surface area contributed by atoms with Gasteiger partial charge in [0.15, 0.2) is 11.9 Å². The number of esters is 1. The van der Waals surface area contributed by atoms with Gasteiger partial charge in [0, 0.05) is 17.0 Å². The molecule has 1 aromatic carbocycles. The Balaban J connectivity index is 1.76. The van der Waals surface area contributed by atoms with Crippen LogP contribution in [0.4, 0.5) is 5.82 Å². The summed E-state index contributed by atoms with van der Waals surface area (Å²) in [7, 11) is 0. The second-order valence-corrected chi connectivity index (χ2v) is 6.26. The summed E-state index contributed by atoms with van der Waals surface area (Å²) in [6.45, 7) is 7.64. The lowest BCUT2D eigenvalue weighted by Gasteiger charge is -2.14. The van der Waals surface area contributed by atoms with Gasteiger partial charge in [-0.15, -0.1) is 0 Å². The first-order chi connectivity index (χ1) is 13.4. The molecule has 0 radical (unpaired) electrons. The highest BCUT2D eigenvalue weighted by molar-refractivity contribution is 5.99. The molecule has 0 spiro atoms. The molecule has 8 nitrogen and oxygen atoms in total. The average molecular weight is 386 g/mol. The van der Waals surface area contributed by atoms with Gasteiger partial charge in [0.25, 0.3) is 5.91 Å². The fourth-order valence-electron chi connectivity index (χ4n) is 2.79. The molecule has 0 aliphatic heterocycles. The van der Waals surface area contributed by atoms with Crippen molar-refractivity contribution < 1.29 is 28.0 Å². The predicted molar refractivity (Wildman–Crippen MR) is 101 cm³/mol. The zero-order valence-corrected chi connectivity index (χ0v) is 16.2. The van der Waals surface area contributed by atoms with Crippen LogP contribution in [0.1, 0.15) is 42.1 Å². The lowest BCUT2D eigenvalue weighted by molar-refractivity contribution is -0.124. The number of anilines is 1. The van der Waals surface area contributed by atoms with E-state index in [2.05, 4.69) is 10.5 Å². The van der Waals surface area contributed by atoms with Gasteiger partial charge < -0.3 is 23.7 Å². The summed E-state index contributed by atoms with van der Waals surface area (Å²) in [6, 6.07) is 6.89. The summed E-state index contributed by atoms with van der Waals surface area (Å²) < 4.78 is 21.4. The van der Waals surface area contributed by atoms with Gasteiger partial charge in [0.1, 0.15) is 17.1 Å². The summed E-state index contributed by atoms with van der Waals surface area (Å²) in [5.41, 5.74) is 1.17. The number of benzene rings is 1. The number of amides is 1. The molecule has 1 unspecified atom stereocenters. The van der Waals surface area contributed by atoms with Crippen molar-refractivity contribution >= 4 is 28.7 Å². The Bertz CT molecular complexity index is 1000. The normalized spacial score (nSPS) is 12.0. The van der Waals surface area contributed by atoms with Gasteiger partial charge in [-0.25, -0.2) is 4.79 Å². The van der Waals surface area contributed by atoms with E-state index in [0.717, 1.165) is 5.39 Å². The van der Waals surface area contributed by atoms with Crippen LogP contribution in [-0.4, -0.2) is 29.7 Å². The molecule has 0 aliphatic rings. The molecule has 0 fully saturated rings. The second-order valence-electron chi connectivity index (χ2n) is 6.26. The maximum absolute atomic E-state index is 12.6. The van der Waals surface area contributed by atoms with Crippen molar-refractivity contribution in [1.82, 2.24) is 5.16 Å². The monoisotopic (exact) mass is 386 g/mol. The molecule has 8 heteroatoms. The lowest BCUT2D eigenvalue weighted by Crippen LogP contribution is -2.32. The Morgan fingerprint density at radius 3 is 2.64 bits per heavy atom. The maximum atomic E-state index is 12.6.